The van der Waals surface area contributed by atoms with Gasteiger partial charge in [0, 0.05) is 19.6 Å². The fourth-order valence-corrected chi connectivity index (χ4v) is 3.65. The normalized spacial score (nSPS) is 21.6. The van der Waals surface area contributed by atoms with Gasteiger partial charge in [-0.2, -0.15) is 0 Å². The number of nitrogens with zero attached hydrogens (tertiary/aromatic N) is 2. The minimum atomic E-state index is 0.146. The van der Waals surface area contributed by atoms with E-state index in [1.807, 2.05) is 12.1 Å². The molecule has 0 aliphatic carbocycles. The topological polar surface area (TPSA) is 34.1 Å². The molecule has 4 nitrogen and oxygen atoms in total. The molecule has 132 valence electrons. The third kappa shape index (κ3) is 3.44. The lowest BCUT2D eigenvalue weighted by Gasteiger charge is -2.17. The molecule has 1 fully saturated rings. The van der Waals surface area contributed by atoms with E-state index in [0.717, 1.165) is 36.7 Å². The summed E-state index contributed by atoms with van der Waals surface area (Å²) in [7, 11) is 0. The van der Waals surface area contributed by atoms with E-state index < -0.39 is 0 Å². The molecule has 0 radical (unpaired) electrons. The molecule has 4 heteroatoms. The largest absolute Gasteiger partial charge is 0.481 e. The lowest BCUT2D eigenvalue weighted by Crippen LogP contribution is -2.23. The average Bonchev–Trinajstić information content (AvgIpc) is 3.21. The minimum Gasteiger partial charge on any atom is -0.481 e. The number of terminal acetylenes is 1. The number of ether oxygens (including phenoxy) is 1. The first kappa shape index (κ1) is 16.7. The first-order chi connectivity index (χ1) is 12.7. The number of hydrogen-bond donors (Lipinski definition) is 0. The van der Waals surface area contributed by atoms with Crippen molar-refractivity contribution in [2.24, 2.45) is 11.1 Å². The third-order valence-corrected chi connectivity index (χ3v) is 4.95. The fraction of sp³-hybridized carbons (Fsp3) is 0.318. The van der Waals surface area contributed by atoms with Gasteiger partial charge in [0.2, 0.25) is 0 Å². The summed E-state index contributed by atoms with van der Waals surface area (Å²) in [5.41, 5.74) is 4.70. The number of likely N-dealkylation sites (tertiary alicyclic amines) is 1. The van der Waals surface area contributed by atoms with Crippen LogP contribution in [-0.4, -0.2) is 36.4 Å². The third-order valence-electron chi connectivity index (χ3n) is 4.95. The predicted octanol–water partition coefficient (Wildman–Crippen LogP) is 3.24. The Morgan fingerprint density at radius 3 is 2.88 bits per heavy atom. The lowest BCUT2D eigenvalue weighted by molar-refractivity contribution is 0.0745. The number of hydrogen-bond acceptors (Lipinski definition) is 4. The molecule has 0 unspecified atom stereocenters. The van der Waals surface area contributed by atoms with Crippen molar-refractivity contribution in [1.82, 2.24) is 4.90 Å². The molecule has 2 aliphatic rings. The van der Waals surface area contributed by atoms with Crippen molar-refractivity contribution < 1.29 is 9.57 Å². The summed E-state index contributed by atoms with van der Waals surface area (Å²) >= 11 is 0. The average molecular weight is 346 g/mol. The summed E-state index contributed by atoms with van der Waals surface area (Å²) in [4.78, 5) is 8.13. The molecule has 0 amide bonds. The van der Waals surface area contributed by atoms with Crippen LogP contribution in [0.2, 0.25) is 0 Å². The maximum Gasteiger partial charge on any atom is 0.149 e. The quantitative estimate of drug-likeness (QED) is 0.780. The molecule has 0 bridgehead atoms. The summed E-state index contributed by atoms with van der Waals surface area (Å²) in [5, 5.41) is 4.36. The second-order valence-electron chi connectivity index (χ2n) is 6.93. The Labute approximate surface area is 154 Å². The van der Waals surface area contributed by atoms with E-state index in [9.17, 15) is 0 Å². The highest BCUT2D eigenvalue weighted by atomic mass is 16.6. The van der Waals surface area contributed by atoms with Gasteiger partial charge >= 0.3 is 0 Å². The maximum atomic E-state index is 5.72. The SMILES string of the molecule is C#CCOc1cccc(CN2C[C@@H]3ON=C(c4ccc(C)cc4)[C@H]3C2)c1. The number of benzene rings is 2. The van der Waals surface area contributed by atoms with Crippen LogP contribution in [-0.2, 0) is 11.4 Å². The highest BCUT2D eigenvalue weighted by Gasteiger charge is 2.42. The summed E-state index contributed by atoms with van der Waals surface area (Å²) in [6, 6.07) is 16.6. The molecule has 4 rings (SSSR count). The van der Waals surface area contributed by atoms with Crippen LogP contribution < -0.4 is 4.74 Å². The van der Waals surface area contributed by atoms with Gasteiger partial charge in [0.1, 0.15) is 18.5 Å². The zero-order valence-electron chi connectivity index (χ0n) is 14.9. The summed E-state index contributed by atoms with van der Waals surface area (Å²) < 4.78 is 5.52. The predicted molar refractivity (Wildman–Crippen MR) is 102 cm³/mol. The summed E-state index contributed by atoms with van der Waals surface area (Å²) in [6.45, 7) is 5.09. The van der Waals surface area contributed by atoms with Crippen molar-refractivity contribution in [1.29, 1.82) is 0 Å². The lowest BCUT2D eigenvalue weighted by atomic mass is 9.94. The van der Waals surface area contributed by atoms with E-state index in [1.165, 1.54) is 11.1 Å². The Morgan fingerprint density at radius 2 is 2.08 bits per heavy atom. The molecule has 1 saturated heterocycles. The molecular weight excluding hydrogens is 324 g/mol. The van der Waals surface area contributed by atoms with E-state index in [2.05, 4.69) is 59.3 Å². The fourth-order valence-electron chi connectivity index (χ4n) is 3.65. The van der Waals surface area contributed by atoms with Crippen LogP contribution in [0.4, 0.5) is 0 Å². The highest BCUT2D eigenvalue weighted by molar-refractivity contribution is 6.03. The highest BCUT2D eigenvalue weighted by Crippen LogP contribution is 2.31. The Bertz CT molecular complexity index is 851. The van der Waals surface area contributed by atoms with Crippen LogP contribution in [0, 0.1) is 25.2 Å². The maximum absolute atomic E-state index is 5.72. The molecular formula is C22H22N2O2. The molecule has 0 aromatic heterocycles. The van der Waals surface area contributed by atoms with Gasteiger partial charge in [0.05, 0.1) is 11.6 Å². The van der Waals surface area contributed by atoms with E-state index in [0.29, 0.717) is 12.5 Å². The van der Waals surface area contributed by atoms with Crippen molar-refractivity contribution in [3.8, 4) is 18.1 Å². The Hall–Kier alpha value is -2.77. The van der Waals surface area contributed by atoms with Crippen molar-refractivity contribution >= 4 is 5.71 Å². The molecule has 2 aliphatic heterocycles. The van der Waals surface area contributed by atoms with Crippen molar-refractivity contribution in [3.05, 3.63) is 65.2 Å². The minimum absolute atomic E-state index is 0.146. The van der Waals surface area contributed by atoms with Crippen LogP contribution in [0.1, 0.15) is 16.7 Å². The van der Waals surface area contributed by atoms with Gasteiger partial charge in [-0.1, -0.05) is 53.0 Å². The van der Waals surface area contributed by atoms with Gasteiger partial charge in [-0.3, -0.25) is 4.90 Å². The molecule has 26 heavy (non-hydrogen) atoms. The second kappa shape index (κ2) is 7.23. The number of fused-ring (bicyclic) bond motifs is 1. The second-order valence-corrected chi connectivity index (χ2v) is 6.93. The Balaban J connectivity index is 1.42. The van der Waals surface area contributed by atoms with Gasteiger partial charge in [0.15, 0.2) is 0 Å². The van der Waals surface area contributed by atoms with Gasteiger partial charge in [0.25, 0.3) is 0 Å². The zero-order chi connectivity index (χ0) is 17.9. The Kier molecular flexibility index (Phi) is 4.64. The molecule has 2 aromatic rings. The number of rotatable bonds is 5. The van der Waals surface area contributed by atoms with Crippen LogP contribution >= 0.6 is 0 Å². The van der Waals surface area contributed by atoms with E-state index >= 15 is 0 Å². The van der Waals surface area contributed by atoms with Crippen molar-refractivity contribution in [2.45, 2.75) is 19.6 Å². The van der Waals surface area contributed by atoms with Crippen LogP contribution in [0.15, 0.2) is 53.7 Å². The smallest absolute Gasteiger partial charge is 0.149 e. The number of oxime groups is 1. The van der Waals surface area contributed by atoms with Crippen LogP contribution in [0.25, 0.3) is 0 Å². The Morgan fingerprint density at radius 1 is 1.23 bits per heavy atom. The van der Waals surface area contributed by atoms with E-state index in [-0.39, 0.29) is 6.10 Å². The standard InChI is InChI=1S/C22H22N2O2/c1-3-11-25-19-6-4-5-17(12-19)13-24-14-20-21(15-24)26-23-22(20)18-9-7-16(2)8-10-18/h1,4-10,12,20-21H,11,13-15H2,2H3/t20-,21-/m0/s1. The van der Waals surface area contributed by atoms with Crippen LogP contribution in [0.3, 0.4) is 0 Å². The first-order valence-corrected chi connectivity index (χ1v) is 8.91. The molecule has 2 heterocycles. The van der Waals surface area contributed by atoms with Gasteiger partial charge in [-0.15, -0.1) is 6.42 Å². The van der Waals surface area contributed by atoms with Gasteiger partial charge in [-0.25, -0.2) is 0 Å². The van der Waals surface area contributed by atoms with Gasteiger partial charge < -0.3 is 9.57 Å². The van der Waals surface area contributed by atoms with E-state index in [4.69, 9.17) is 16.0 Å². The van der Waals surface area contributed by atoms with E-state index in [1.54, 1.807) is 0 Å². The van der Waals surface area contributed by atoms with Crippen LogP contribution in [0.5, 0.6) is 5.75 Å². The zero-order valence-corrected chi connectivity index (χ0v) is 14.9. The number of aryl methyl sites for hydroxylation is 1. The monoisotopic (exact) mass is 346 g/mol. The molecule has 2 aromatic carbocycles. The summed E-state index contributed by atoms with van der Waals surface area (Å²) in [5.74, 6) is 3.65. The van der Waals surface area contributed by atoms with Crippen molar-refractivity contribution in [3.63, 3.8) is 0 Å². The molecule has 0 N–H and O–H groups in total. The first-order valence-electron chi connectivity index (χ1n) is 8.91. The molecule has 0 saturated carbocycles. The molecule has 2 atom stereocenters. The van der Waals surface area contributed by atoms with Gasteiger partial charge in [-0.05, 0) is 30.2 Å². The van der Waals surface area contributed by atoms with Crippen molar-refractivity contribution in [2.75, 3.05) is 19.7 Å². The molecule has 0 spiro atoms. The summed E-state index contributed by atoms with van der Waals surface area (Å²) in [6.07, 6.45) is 5.41.